The summed E-state index contributed by atoms with van der Waals surface area (Å²) >= 11 is 16.2. The summed E-state index contributed by atoms with van der Waals surface area (Å²) in [6, 6.07) is 0. The van der Waals surface area contributed by atoms with Crippen molar-refractivity contribution in [2.24, 2.45) is 0 Å². The second kappa shape index (κ2) is 4.00. The SMILES string of the molecule is FC(F)(F)Oc1c(Cl)ncc(Cl)c1Cl. The highest BCUT2D eigenvalue weighted by molar-refractivity contribution is 6.44. The quantitative estimate of drug-likeness (QED) is 0.718. The van der Waals surface area contributed by atoms with Gasteiger partial charge in [-0.1, -0.05) is 34.8 Å². The molecule has 1 rings (SSSR count). The molecule has 0 saturated heterocycles. The number of pyridine rings is 1. The summed E-state index contributed by atoms with van der Waals surface area (Å²) in [5, 5.41) is -1.10. The number of alkyl halides is 3. The molecule has 14 heavy (non-hydrogen) atoms. The van der Waals surface area contributed by atoms with Crippen LogP contribution in [-0.4, -0.2) is 11.3 Å². The van der Waals surface area contributed by atoms with Gasteiger partial charge in [0, 0.05) is 6.20 Å². The van der Waals surface area contributed by atoms with Crippen LogP contribution >= 0.6 is 34.8 Å². The third-order valence-electron chi connectivity index (χ3n) is 1.11. The molecule has 0 aromatic carbocycles. The van der Waals surface area contributed by atoms with Crippen LogP contribution in [-0.2, 0) is 0 Å². The Bertz CT molecular complexity index is 355. The minimum atomic E-state index is -4.89. The minimum Gasteiger partial charge on any atom is -0.401 e. The molecule has 0 bridgehead atoms. The van der Waals surface area contributed by atoms with Gasteiger partial charge in [-0.25, -0.2) is 4.98 Å². The molecule has 0 unspecified atom stereocenters. The Hall–Kier alpha value is -0.390. The molecule has 0 amide bonds. The Morgan fingerprint density at radius 2 is 1.79 bits per heavy atom. The summed E-state index contributed by atoms with van der Waals surface area (Å²) in [6.07, 6.45) is -3.87. The van der Waals surface area contributed by atoms with E-state index in [1.807, 2.05) is 0 Å². The Morgan fingerprint density at radius 3 is 2.29 bits per heavy atom. The molecule has 2 nitrogen and oxygen atoms in total. The molecular weight excluding hydrogens is 265 g/mol. The molecule has 8 heteroatoms. The summed E-state index contributed by atoms with van der Waals surface area (Å²) in [7, 11) is 0. The largest absolute Gasteiger partial charge is 0.573 e. The van der Waals surface area contributed by atoms with E-state index in [1.54, 1.807) is 0 Å². The first-order chi connectivity index (χ1) is 6.31. The maximum Gasteiger partial charge on any atom is 0.573 e. The summed E-state index contributed by atoms with van der Waals surface area (Å²) in [5.74, 6) is -0.798. The molecule has 0 N–H and O–H groups in total. The number of aromatic nitrogens is 1. The molecule has 0 aliphatic heterocycles. The van der Waals surface area contributed by atoms with Crippen LogP contribution < -0.4 is 4.74 Å². The number of hydrogen-bond donors (Lipinski definition) is 0. The fourth-order valence-electron chi connectivity index (χ4n) is 0.630. The van der Waals surface area contributed by atoms with E-state index in [-0.39, 0.29) is 5.02 Å². The van der Waals surface area contributed by atoms with Gasteiger partial charge in [0.25, 0.3) is 0 Å². The van der Waals surface area contributed by atoms with Crippen LogP contribution in [0.2, 0.25) is 15.2 Å². The van der Waals surface area contributed by atoms with Gasteiger partial charge in [0.2, 0.25) is 0 Å². The molecule has 0 aliphatic carbocycles. The van der Waals surface area contributed by atoms with E-state index < -0.39 is 22.3 Å². The van der Waals surface area contributed by atoms with E-state index >= 15 is 0 Å². The van der Waals surface area contributed by atoms with Gasteiger partial charge < -0.3 is 4.74 Å². The number of rotatable bonds is 1. The predicted molar refractivity (Wildman–Crippen MR) is 46.0 cm³/mol. The first-order valence-corrected chi connectivity index (χ1v) is 4.20. The molecular formula is C6HCl3F3NO. The van der Waals surface area contributed by atoms with Crippen LogP contribution in [0.15, 0.2) is 6.20 Å². The third-order valence-corrected chi connectivity index (χ3v) is 2.13. The zero-order valence-corrected chi connectivity index (χ0v) is 8.47. The van der Waals surface area contributed by atoms with Gasteiger partial charge in [-0.15, -0.1) is 13.2 Å². The highest BCUT2D eigenvalue weighted by Gasteiger charge is 2.34. The number of nitrogens with zero attached hydrogens (tertiary/aromatic N) is 1. The van der Waals surface area contributed by atoms with E-state index in [9.17, 15) is 13.2 Å². The second-order valence-electron chi connectivity index (χ2n) is 2.09. The van der Waals surface area contributed by atoms with Gasteiger partial charge in [0.15, 0.2) is 10.9 Å². The van der Waals surface area contributed by atoms with Gasteiger partial charge in [0.1, 0.15) is 5.02 Å². The van der Waals surface area contributed by atoms with E-state index in [0.717, 1.165) is 6.20 Å². The summed E-state index contributed by atoms with van der Waals surface area (Å²) in [4.78, 5) is 3.35. The maximum absolute atomic E-state index is 11.8. The lowest BCUT2D eigenvalue weighted by Gasteiger charge is -2.11. The molecule has 1 aromatic heterocycles. The molecule has 0 atom stereocenters. The lowest BCUT2D eigenvalue weighted by molar-refractivity contribution is -0.274. The van der Waals surface area contributed by atoms with Crippen molar-refractivity contribution in [1.29, 1.82) is 0 Å². The van der Waals surface area contributed by atoms with E-state index in [2.05, 4.69) is 9.72 Å². The lowest BCUT2D eigenvalue weighted by Crippen LogP contribution is -2.18. The van der Waals surface area contributed by atoms with Crippen LogP contribution in [0.1, 0.15) is 0 Å². The van der Waals surface area contributed by atoms with E-state index in [4.69, 9.17) is 34.8 Å². The van der Waals surface area contributed by atoms with Crippen molar-refractivity contribution in [3.8, 4) is 5.75 Å². The predicted octanol–water partition coefficient (Wildman–Crippen LogP) is 3.94. The van der Waals surface area contributed by atoms with Gasteiger partial charge in [0.05, 0.1) is 5.02 Å². The van der Waals surface area contributed by atoms with Crippen molar-refractivity contribution in [1.82, 2.24) is 4.98 Å². The molecule has 78 valence electrons. The molecule has 0 aliphatic rings. The van der Waals surface area contributed by atoms with Crippen molar-refractivity contribution in [2.45, 2.75) is 6.36 Å². The molecule has 1 heterocycles. The van der Waals surface area contributed by atoms with Gasteiger partial charge >= 0.3 is 6.36 Å². The normalized spacial score (nSPS) is 11.6. The van der Waals surface area contributed by atoms with Crippen LogP contribution in [0.3, 0.4) is 0 Å². The molecule has 0 spiro atoms. The number of ether oxygens (including phenoxy) is 1. The van der Waals surface area contributed by atoms with E-state index in [0.29, 0.717) is 0 Å². The number of halogens is 6. The average Bonchev–Trinajstić information content (AvgIpc) is 2.04. The standard InChI is InChI=1S/C6HCl3F3NO/c7-2-1-13-5(9)4(3(2)8)14-6(10,11)12/h1H. The average molecular weight is 266 g/mol. The van der Waals surface area contributed by atoms with Crippen LogP contribution in [0.5, 0.6) is 5.75 Å². The van der Waals surface area contributed by atoms with Crippen LogP contribution in [0.25, 0.3) is 0 Å². The summed E-state index contributed by atoms with van der Waals surface area (Å²) in [6.45, 7) is 0. The topological polar surface area (TPSA) is 22.1 Å². The van der Waals surface area contributed by atoms with Crippen molar-refractivity contribution in [3.63, 3.8) is 0 Å². The van der Waals surface area contributed by atoms with Gasteiger partial charge in [-0.05, 0) is 0 Å². The molecule has 1 aromatic rings. The zero-order valence-electron chi connectivity index (χ0n) is 6.20. The highest BCUT2D eigenvalue weighted by Crippen LogP contribution is 2.39. The fraction of sp³-hybridized carbons (Fsp3) is 0.167. The first-order valence-electron chi connectivity index (χ1n) is 3.06. The lowest BCUT2D eigenvalue weighted by atomic mass is 10.4. The Balaban J connectivity index is 3.13. The smallest absolute Gasteiger partial charge is 0.401 e. The van der Waals surface area contributed by atoms with Crippen LogP contribution in [0.4, 0.5) is 13.2 Å². The van der Waals surface area contributed by atoms with Crippen molar-refractivity contribution in [3.05, 3.63) is 21.4 Å². The highest BCUT2D eigenvalue weighted by atomic mass is 35.5. The summed E-state index contributed by atoms with van der Waals surface area (Å²) < 4.78 is 39.0. The summed E-state index contributed by atoms with van der Waals surface area (Å²) in [5.41, 5.74) is 0. The van der Waals surface area contributed by atoms with Gasteiger partial charge in [-0.3, -0.25) is 0 Å². The number of hydrogen-bond acceptors (Lipinski definition) is 2. The second-order valence-corrected chi connectivity index (χ2v) is 3.23. The molecule has 0 fully saturated rings. The van der Waals surface area contributed by atoms with E-state index in [1.165, 1.54) is 0 Å². The fourth-order valence-corrected chi connectivity index (χ4v) is 1.17. The monoisotopic (exact) mass is 265 g/mol. The molecule has 0 saturated carbocycles. The Morgan fingerprint density at radius 1 is 1.21 bits per heavy atom. The maximum atomic E-state index is 11.8. The van der Waals surface area contributed by atoms with Crippen molar-refractivity contribution >= 4 is 34.8 Å². The van der Waals surface area contributed by atoms with Crippen LogP contribution in [0, 0.1) is 0 Å². The van der Waals surface area contributed by atoms with Crippen molar-refractivity contribution < 1.29 is 17.9 Å². The minimum absolute atomic E-state index is 0.171. The van der Waals surface area contributed by atoms with Crippen molar-refractivity contribution in [2.75, 3.05) is 0 Å². The first kappa shape index (κ1) is 11.7. The Labute approximate surface area is 91.5 Å². The zero-order chi connectivity index (χ0) is 10.9. The molecule has 0 radical (unpaired) electrons. The Kier molecular flexibility index (Phi) is 3.34. The van der Waals surface area contributed by atoms with Gasteiger partial charge in [-0.2, -0.15) is 0 Å². The third kappa shape index (κ3) is 2.80.